The molecule has 5 nitrogen and oxygen atoms in total. The molecule has 0 saturated carbocycles. The van der Waals surface area contributed by atoms with Crippen LogP contribution in [0.2, 0.25) is 0 Å². The van der Waals surface area contributed by atoms with Gasteiger partial charge in [0.05, 0.1) is 0 Å². The second-order valence-electron chi connectivity index (χ2n) is 1.03. The Bertz CT molecular complexity index is 225. The van der Waals surface area contributed by atoms with E-state index in [1.54, 1.807) is 0 Å². The maximum Gasteiger partial charge on any atom is 0.495 e. The lowest BCUT2D eigenvalue weighted by Crippen LogP contribution is -2.15. The van der Waals surface area contributed by atoms with E-state index < -0.39 is 18.2 Å². The fraction of sp³-hybridized carbons (Fsp3) is 0. The van der Waals surface area contributed by atoms with Gasteiger partial charge in [0.1, 0.15) is 0 Å². The Balaban J connectivity index is 4.26. The zero-order chi connectivity index (χ0) is 7.71. The number of hydrogen-bond acceptors (Lipinski definition) is 3. The van der Waals surface area contributed by atoms with Gasteiger partial charge in [0.2, 0.25) is 0 Å². The van der Waals surface area contributed by atoms with Gasteiger partial charge in [-0.1, -0.05) is 4.49 Å². The number of nitrogens with one attached hydrogen (secondary N) is 1. The van der Waals surface area contributed by atoms with Gasteiger partial charge in [-0.05, 0) is 0 Å². The van der Waals surface area contributed by atoms with Gasteiger partial charge in [0.25, 0.3) is 0 Å². The Morgan fingerprint density at radius 2 is 1.78 bits per heavy atom. The minimum atomic E-state index is -5.88. The van der Waals surface area contributed by atoms with E-state index in [2.05, 4.69) is 0 Å². The van der Waals surface area contributed by atoms with Crippen LogP contribution < -0.4 is 4.49 Å². The van der Waals surface area contributed by atoms with E-state index in [-0.39, 0.29) is 4.49 Å². The number of rotatable bonds is 2. The van der Waals surface area contributed by atoms with E-state index in [0.29, 0.717) is 0 Å². The predicted molar refractivity (Wildman–Crippen MR) is 24.5 cm³/mol. The summed E-state index contributed by atoms with van der Waals surface area (Å²) >= 11 is 0. The standard InChI is InChI=1S/F2H2NO4PS/c1-8(2,4)3-9(5,6)7/h(H,3,4)(H,5,6,7). The van der Waals surface area contributed by atoms with Crippen molar-refractivity contribution in [3.8, 4) is 0 Å². The molecule has 0 aliphatic heterocycles. The van der Waals surface area contributed by atoms with E-state index in [0.717, 1.165) is 0 Å². The Morgan fingerprint density at radius 1 is 1.44 bits per heavy atom. The van der Waals surface area contributed by atoms with Gasteiger partial charge in [-0.15, -0.1) is 8.39 Å². The van der Waals surface area contributed by atoms with Crippen LogP contribution in [0, 0.1) is 0 Å². The summed E-state index contributed by atoms with van der Waals surface area (Å²) < 4.78 is 58.1. The van der Waals surface area contributed by atoms with Crippen molar-refractivity contribution in [3.63, 3.8) is 0 Å². The maximum atomic E-state index is 11.1. The zero-order valence-corrected chi connectivity index (χ0v) is 5.49. The molecule has 0 aromatic heterocycles. The van der Waals surface area contributed by atoms with E-state index in [4.69, 9.17) is 4.55 Å². The molecule has 0 aromatic carbocycles. The summed E-state index contributed by atoms with van der Waals surface area (Å²) in [5, 5.41) is 0. The predicted octanol–water partition coefficient (Wildman–Crippen LogP) is 0.426. The summed E-state index contributed by atoms with van der Waals surface area (Å²) in [6.45, 7) is 0. The first kappa shape index (κ1) is 8.96. The highest BCUT2D eigenvalue weighted by molar-refractivity contribution is 7.89. The number of hydrogen-bond donors (Lipinski definition) is 2. The van der Waals surface area contributed by atoms with E-state index in [1.165, 1.54) is 0 Å². The second kappa shape index (κ2) is 2.30. The highest BCUT2D eigenvalue weighted by Gasteiger charge is 2.25. The molecule has 56 valence electrons. The van der Waals surface area contributed by atoms with Gasteiger partial charge in [-0.2, -0.15) is 8.42 Å². The molecule has 0 unspecified atom stereocenters. The van der Waals surface area contributed by atoms with Gasteiger partial charge in [0, 0.05) is 0 Å². The van der Waals surface area contributed by atoms with Crippen molar-refractivity contribution in [1.29, 1.82) is 0 Å². The summed E-state index contributed by atoms with van der Waals surface area (Å²) in [6.07, 6.45) is 0. The molecule has 9 heavy (non-hydrogen) atoms. The van der Waals surface area contributed by atoms with Crippen molar-refractivity contribution in [3.05, 3.63) is 0 Å². The van der Waals surface area contributed by atoms with E-state index >= 15 is 0 Å². The molecular formula is H2F2NO4PS. The smallest absolute Gasteiger partial charge is 0.273 e. The highest BCUT2D eigenvalue weighted by Crippen LogP contribution is 2.44. The van der Waals surface area contributed by atoms with Gasteiger partial charge in [-0.3, -0.25) is 4.55 Å². The van der Waals surface area contributed by atoms with Gasteiger partial charge < -0.3 is 0 Å². The maximum absolute atomic E-state index is 11.1. The Hall–Kier alpha value is -0.0400. The average molecular weight is 181 g/mol. The molecule has 0 aromatic rings. The molecule has 0 amide bonds. The molecule has 0 rings (SSSR count). The largest absolute Gasteiger partial charge is 0.495 e. The summed E-state index contributed by atoms with van der Waals surface area (Å²) in [7, 11) is -10.9. The molecule has 0 saturated heterocycles. The molecule has 0 atom stereocenters. The first-order valence-electron chi connectivity index (χ1n) is 1.46. The van der Waals surface area contributed by atoms with Crippen molar-refractivity contribution in [2.24, 2.45) is 0 Å². The van der Waals surface area contributed by atoms with Crippen LogP contribution in [0.3, 0.4) is 0 Å². The fourth-order valence-electron chi connectivity index (χ4n) is 0.134. The third kappa shape index (κ3) is 7.96. The van der Waals surface area contributed by atoms with Crippen LogP contribution in [0.1, 0.15) is 0 Å². The first-order valence-corrected chi connectivity index (χ1v) is 4.39. The first-order chi connectivity index (χ1) is 3.71. The van der Waals surface area contributed by atoms with Crippen LogP contribution >= 0.6 is 7.91 Å². The Morgan fingerprint density at radius 3 is 1.78 bits per heavy atom. The highest BCUT2D eigenvalue weighted by atomic mass is 32.2. The zero-order valence-electron chi connectivity index (χ0n) is 3.78. The van der Waals surface area contributed by atoms with Crippen LogP contribution in [0.5, 0.6) is 0 Å². The molecule has 0 aliphatic carbocycles. The molecule has 0 fully saturated rings. The minimum Gasteiger partial charge on any atom is -0.273 e. The summed E-state index contributed by atoms with van der Waals surface area (Å²) in [4.78, 5) is 0. The third-order valence-corrected chi connectivity index (χ3v) is 1.99. The summed E-state index contributed by atoms with van der Waals surface area (Å²) in [6, 6.07) is 0. The molecule has 0 spiro atoms. The second-order valence-corrected chi connectivity index (χ2v) is 3.63. The van der Waals surface area contributed by atoms with Crippen LogP contribution in [0.25, 0.3) is 0 Å². The molecule has 0 radical (unpaired) electrons. The van der Waals surface area contributed by atoms with E-state index in [1.807, 2.05) is 0 Å². The fourth-order valence-corrected chi connectivity index (χ4v) is 1.21. The summed E-state index contributed by atoms with van der Waals surface area (Å²) in [5.41, 5.74) is 0. The average Bonchev–Trinajstić information content (AvgIpc) is 1.14. The number of halogens is 2. The Labute approximate surface area is 49.6 Å². The SMILES string of the molecule is O=P(F)(F)NS(=O)(=O)O. The van der Waals surface area contributed by atoms with Gasteiger partial charge in [-0.25, -0.2) is 4.57 Å². The van der Waals surface area contributed by atoms with Gasteiger partial charge >= 0.3 is 18.2 Å². The minimum absolute atomic E-state index is 0.208. The Kier molecular flexibility index (Phi) is 2.29. The lowest BCUT2D eigenvalue weighted by Gasteiger charge is -1.94. The lowest BCUT2D eigenvalue weighted by atomic mass is 13.9. The molecule has 9 heteroatoms. The monoisotopic (exact) mass is 181 g/mol. The topological polar surface area (TPSA) is 83.5 Å². The van der Waals surface area contributed by atoms with Crippen molar-refractivity contribution in [2.75, 3.05) is 0 Å². The molecular weight excluding hydrogens is 179 g/mol. The lowest BCUT2D eigenvalue weighted by molar-refractivity contribution is 0.459. The van der Waals surface area contributed by atoms with Crippen LogP contribution in [-0.4, -0.2) is 13.0 Å². The normalized spacial score (nSPS) is 13.7. The molecule has 0 bridgehead atoms. The molecule has 0 heterocycles. The van der Waals surface area contributed by atoms with E-state index in [9.17, 15) is 21.4 Å². The molecule has 0 aliphatic rings. The van der Waals surface area contributed by atoms with Crippen LogP contribution in [-0.2, 0) is 14.9 Å². The third-order valence-electron chi connectivity index (χ3n) is 0.222. The van der Waals surface area contributed by atoms with Crippen LogP contribution in [0.15, 0.2) is 0 Å². The van der Waals surface area contributed by atoms with Crippen molar-refractivity contribution in [1.82, 2.24) is 4.49 Å². The van der Waals surface area contributed by atoms with Crippen LogP contribution in [0.4, 0.5) is 8.39 Å². The van der Waals surface area contributed by atoms with Gasteiger partial charge in [0.15, 0.2) is 0 Å². The quantitative estimate of drug-likeness (QED) is 0.477. The molecule has 2 N–H and O–H groups in total. The van der Waals surface area contributed by atoms with Crippen molar-refractivity contribution in [2.45, 2.75) is 0 Å². The van der Waals surface area contributed by atoms with Crippen molar-refractivity contribution >= 4 is 18.2 Å². The van der Waals surface area contributed by atoms with Crippen molar-refractivity contribution < 1.29 is 25.9 Å². The summed E-state index contributed by atoms with van der Waals surface area (Å²) in [5.74, 6) is 0.